The van der Waals surface area contributed by atoms with E-state index in [4.69, 9.17) is 11.6 Å². The predicted molar refractivity (Wildman–Crippen MR) is 92.6 cm³/mol. The number of rotatable bonds is 5. The minimum atomic E-state index is 0. The molecule has 0 radical (unpaired) electrons. The molecule has 0 aliphatic carbocycles. The van der Waals surface area contributed by atoms with Gasteiger partial charge in [0.2, 0.25) is 5.91 Å². The van der Waals surface area contributed by atoms with Crippen LogP contribution in [0.2, 0.25) is 5.02 Å². The smallest absolute Gasteiger partial charge is 0.221 e. The van der Waals surface area contributed by atoms with Crippen LogP contribution in [0.25, 0.3) is 0 Å². The van der Waals surface area contributed by atoms with Gasteiger partial charge in [0, 0.05) is 23.1 Å². The van der Waals surface area contributed by atoms with Crippen LogP contribution in [0, 0.1) is 5.92 Å². The lowest BCUT2D eigenvalue weighted by molar-refractivity contribution is -0.121. The standard InChI is InChI=1S/C15H21ClN2OS.ClH/c1-11-10-17-8-6-13(11)18-15(19)7-9-20-14-5-3-2-4-12(14)16;/h2-5,11,13,17H,6-10H2,1H3,(H,18,19);1H. The Morgan fingerprint density at radius 3 is 2.95 bits per heavy atom. The molecule has 0 spiro atoms. The molecule has 1 aromatic rings. The molecule has 0 aromatic heterocycles. The number of carbonyl (C=O) groups excluding carboxylic acids is 1. The molecule has 2 unspecified atom stereocenters. The molecular weight excluding hydrogens is 327 g/mol. The molecule has 1 heterocycles. The number of halogens is 2. The number of nitrogens with one attached hydrogen (secondary N) is 2. The van der Waals surface area contributed by atoms with Gasteiger partial charge in [-0.2, -0.15) is 0 Å². The fourth-order valence-corrected chi connectivity index (χ4v) is 3.51. The molecule has 21 heavy (non-hydrogen) atoms. The maximum absolute atomic E-state index is 12.0. The Labute approximate surface area is 142 Å². The Kier molecular flexibility index (Phi) is 8.49. The Balaban J connectivity index is 0.00000220. The molecule has 3 nitrogen and oxygen atoms in total. The van der Waals surface area contributed by atoms with Crippen molar-refractivity contribution in [1.82, 2.24) is 10.6 Å². The molecule has 1 saturated heterocycles. The van der Waals surface area contributed by atoms with Crippen LogP contribution in [0.5, 0.6) is 0 Å². The van der Waals surface area contributed by atoms with Gasteiger partial charge in [-0.25, -0.2) is 0 Å². The van der Waals surface area contributed by atoms with E-state index in [1.54, 1.807) is 11.8 Å². The first-order chi connectivity index (χ1) is 9.66. The zero-order chi connectivity index (χ0) is 14.4. The third-order valence-electron chi connectivity index (χ3n) is 3.56. The fourth-order valence-electron chi connectivity index (χ4n) is 2.32. The van der Waals surface area contributed by atoms with Crippen molar-refractivity contribution in [2.75, 3.05) is 18.8 Å². The molecule has 1 aliphatic rings. The number of hydrogen-bond acceptors (Lipinski definition) is 3. The Bertz CT molecular complexity index is 459. The van der Waals surface area contributed by atoms with E-state index in [0.717, 1.165) is 35.2 Å². The molecule has 118 valence electrons. The SMILES string of the molecule is CC1CNCCC1NC(=O)CCSc1ccccc1Cl.Cl. The third-order valence-corrected chi connectivity index (χ3v) is 5.07. The number of benzene rings is 1. The zero-order valence-corrected chi connectivity index (χ0v) is 14.5. The number of piperidine rings is 1. The van der Waals surface area contributed by atoms with Gasteiger partial charge < -0.3 is 10.6 Å². The van der Waals surface area contributed by atoms with Gasteiger partial charge in [0.15, 0.2) is 0 Å². The van der Waals surface area contributed by atoms with Crippen LogP contribution < -0.4 is 10.6 Å². The van der Waals surface area contributed by atoms with Gasteiger partial charge in [0.05, 0.1) is 5.02 Å². The van der Waals surface area contributed by atoms with Crippen LogP contribution in [0.3, 0.4) is 0 Å². The summed E-state index contributed by atoms with van der Waals surface area (Å²) in [4.78, 5) is 13.0. The van der Waals surface area contributed by atoms with Gasteiger partial charge in [-0.05, 0) is 37.6 Å². The molecule has 2 atom stereocenters. The number of thioether (sulfide) groups is 1. The summed E-state index contributed by atoms with van der Waals surface area (Å²) in [5, 5.41) is 7.24. The Morgan fingerprint density at radius 1 is 1.48 bits per heavy atom. The van der Waals surface area contributed by atoms with Crippen LogP contribution >= 0.6 is 35.8 Å². The number of amides is 1. The van der Waals surface area contributed by atoms with E-state index in [-0.39, 0.29) is 18.3 Å². The van der Waals surface area contributed by atoms with Crippen molar-refractivity contribution in [3.63, 3.8) is 0 Å². The first kappa shape index (κ1) is 18.6. The van der Waals surface area contributed by atoms with Crippen molar-refractivity contribution >= 4 is 41.7 Å². The van der Waals surface area contributed by atoms with Crippen LogP contribution in [-0.2, 0) is 4.79 Å². The number of hydrogen-bond donors (Lipinski definition) is 2. The second-order valence-electron chi connectivity index (χ2n) is 5.17. The van der Waals surface area contributed by atoms with Crippen molar-refractivity contribution in [3.05, 3.63) is 29.3 Å². The highest BCUT2D eigenvalue weighted by Crippen LogP contribution is 2.26. The van der Waals surface area contributed by atoms with Gasteiger partial charge in [0.25, 0.3) is 0 Å². The van der Waals surface area contributed by atoms with Crippen molar-refractivity contribution in [2.45, 2.75) is 30.7 Å². The Hall–Kier alpha value is -0.420. The maximum atomic E-state index is 12.0. The predicted octanol–water partition coefficient (Wildman–Crippen LogP) is 3.36. The summed E-state index contributed by atoms with van der Waals surface area (Å²) in [6.07, 6.45) is 1.55. The topological polar surface area (TPSA) is 41.1 Å². The van der Waals surface area contributed by atoms with Gasteiger partial charge >= 0.3 is 0 Å². The molecule has 1 fully saturated rings. The van der Waals surface area contributed by atoms with Crippen LogP contribution in [0.4, 0.5) is 0 Å². The highest BCUT2D eigenvalue weighted by Gasteiger charge is 2.22. The monoisotopic (exact) mass is 348 g/mol. The lowest BCUT2D eigenvalue weighted by Gasteiger charge is -2.30. The van der Waals surface area contributed by atoms with Crippen molar-refractivity contribution in [1.29, 1.82) is 0 Å². The van der Waals surface area contributed by atoms with E-state index >= 15 is 0 Å². The molecule has 2 rings (SSSR count). The van der Waals surface area contributed by atoms with E-state index in [1.165, 1.54) is 0 Å². The molecule has 1 aromatic carbocycles. The maximum Gasteiger partial charge on any atom is 0.221 e. The average molecular weight is 349 g/mol. The van der Waals surface area contributed by atoms with Crippen LogP contribution in [0.1, 0.15) is 19.8 Å². The second kappa shape index (κ2) is 9.57. The summed E-state index contributed by atoms with van der Waals surface area (Å²) in [6, 6.07) is 8.05. The molecular formula is C15H22Cl2N2OS. The summed E-state index contributed by atoms with van der Waals surface area (Å²) in [5.41, 5.74) is 0. The van der Waals surface area contributed by atoms with Gasteiger partial charge in [-0.15, -0.1) is 24.2 Å². The molecule has 1 amide bonds. The van der Waals surface area contributed by atoms with Crippen molar-refractivity contribution in [3.8, 4) is 0 Å². The number of carbonyl (C=O) groups is 1. The summed E-state index contributed by atoms with van der Waals surface area (Å²) in [7, 11) is 0. The third kappa shape index (κ3) is 6.07. The van der Waals surface area contributed by atoms with Gasteiger partial charge in [-0.3, -0.25) is 4.79 Å². The molecule has 1 aliphatic heterocycles. The largest absolute Gasteiger partial charge is 0.353 e. The zero-order valence-electron chi connectivity index (χ0n) is 12.1. The molecule has 6 heteroatoms. The first-order valence-electron chi connectivity index (χ1n) is 7.04. The van der Waals surface area contributed by atoms with E-state index < -0.39 is 0 Å². The second-order valence-corrected chi connectivity index (χ2v) is 6.72. The van der Waals surface area contributed by atoms with Gasteiger partial charge in [-0.1, -0.05) is 30.7 Å². The lowest BCUT2D eigenvalue weighted by Crippen LogP contribution is -2.48. The summed E-state index contributed by atoms with van der Waals surface area (Å²) >= 11 is 7.72. The minimum Gasteiger partial charge on any atom is -0.353 e. The minimum absolute atomic E-state index is 0. The van der Waals surface area contributed by atoms with E-state index in [0.29, 0.717) is 18.4 Å². The highest BCUT2D eigenvalue weighted by molar-refractivity contribution is 7.99. The summed E-state index contributed by atoms with van der Waals surface area (Å²) in [6.45, 7) is 4.15. The van der Waals surface area contributed by atoms with Crippen molar-refractivity contribution < 1.29 is 4.79 Å². The van der Waals surface area contributed by atoms with Crippen LogP contribution in [-0.4, -0.2) is 30.8 Å². The Morgan fingerprint density at radius 2 is 2.24 bits per heavy atom. The molecule has 0 bridgehead atoms. The highest BCUT2D eigenvalue weighted by atomic mass is 35.5. The van der Waals surface area contributed by atoms with E-state index in [1.807, 2.05) is 24.3 Å². The van der Waals surface area contributed by atoms with Gasteiger partial charge in [0.1, 0.15) is 0 Å². The van der Waals surface area contributed by atoms with Crippen molar-refractivity contribution in [2.24, 2.45) is 5.92 Å². The summed E-state index contributed by atoms with van der Waals surface area (Å²) in [5.74, 6) is 1.40. The fraction of sp³-hybridized carbons (Fsp3) is 0.533. The molecule has 0 saturated carbocycles. The van der Waals surface area contributed by atoms with E-state index in [9.17, 15) is 4.79 Å². The first-order valence-corrected chi connectivity index (χ1v) is 8.40. The average Bonchev–Trinajstić information content (AvgIpc) is 2.43. The lowest BCUT2D eigenvalue weighted by atomic mass is 9.95. The van der Waals surface area contributed by atoms with E-state index in [2.05, 4.69) is 17.6 Å². The molecule has 2 N–H and O–H groups in total. The quantitative estimate of drug-likeness (QED) is 0.801. The van der Waals surface area contributed by atoms with Crippen LogP contribution in [0.15, 0.2) is 29.2 Å². The normalized spacial score (nSPS) is 21.4. The summed E-state index contributed by atoms with van der Waals surface area (Å²) < 4.78 is 0.